The van der Waals surface area contributed by atoms with Crippen LogP contribution in [-0.4, -0.2) is 29.0 Å². The van der Waals surface area contributed by atoms with Crippen molar-refractivity contribution in [2.24, 2.45) is 0 Å². The van der Waals surface area contributed by atoms with E-state index in [1.54, 1.807) is 47.9 Å². The van der Waals surface area contributed by atoms with Gasteiger partial charge in [-0.2, -0.15) is 8.42 Å². The van der Waals surface area contributed by atoms with Crippen LogP contribution in [0.3, 0.4) is 0 Å². The summed E-state index contributed by atoms with van der Waals surface area (Å²) in [4.78, 5) is 14.4. The van der Waals surface area contributed by atoms with Gasteiger partial charge in [0.25, 0.3) is 10.1 Å². The molecule has 0 atom stereocenters. The summed E-state index contributed by atoms with van der Waals surface area (Å²) in [5, 5.41) is 9.18. The highest BCUT2D eigenvalue weighted by molar-refractivity contribution is 7.86. The van der Waals surface area contributed by atoms with Crippen LogP contribution in [-0.2, 0) is 27.3 Å². The molecule has 176 valence electrons. The molecule has 2 aromatic heterocycles. The van der Waals surface area contributed by atoms with Gasteiger partial charge in [0, 0.05) is 10.4 Å². The molecule has 4 rings (SSSR count). The number of aryl methyl sites for hydroxylation is 3. The van der Waals surface area contributed by atoms with E-state index in [2.05, 4.69) is 10.2 Å². The van der Waals surface area contributed by atoms with E-state index in [-0.39, 0.29) is 23.1 Å². The second-order valence-corrected chi connectivity index (χ2v) is 10.8. The van der Waals surface area contributed by atoms with Crippen molar-refractivity contribution in [2.45, 2.75) is 38.7 Å². The summed E-state index contributed by atoms with van der Waals surface area (Å²) in [5.74, 6) is 0.540. The van der Waals surface area contributed by atoms with Crippen molar-refractivity contribution in [3.8, 4) is 5.00 Å². The number of carbonyl (C=O) groups is 1. The van der Waals surface area contributed by atoms with Crippen molar-refractivity contribution < 1.29 is 17.4 Å². The summed E-state index contributed by atoms with van der Waals surface area (Å²) in [6, 6.07) is 15.1. The molecule has 0 aliphatic carbocycles. The topological polar surface area (TPSA) is 91.2 Å². The Bertz CT molecular complexity index is 1460. The zero-order valence-corrected chi connectivity index (χ0v) is 21.2. The van der Waals surface area contributed by atoms with Crippen molar-refractivity contribution in [1.82, 2.24) is 14.8 Å². The van der Waals surface area contributed by atoms with Crippen LogP contribution in [0, 0.1) is 13.8 Å². The molecule has 0 aliphatic heterocycles. The summed E-state index contributed by atoms with van der Waals surface area (Å²) in [6.07, 6.45) is 0.724. The predicted molar refractivity (Wildman–Crippen MR) is 131 cm³/mol. The number of benzene rings is 2. The van der Waals surface area contributed by atoms with Gasteiger partial charge in [0.05, 0.1) is 15.5 Å². The normalized spacial score (nSPS) is 11.6. The molecule has 4 aromatic rings. The van der Waals surface area contributed by atoms with E-state index < -0.39 is 10.1 Å². The van der Waals surface area contributed by atoms with Gasteiger partial charge in [-0.05, 0) is 50.6 Å². The third kappa shape index (κ3) is 4.83. The van der Waals surface area contributed by atoms with E-state index in [0.29, 0.717) is 27.0 Å². The van der Waals surface area contributed by atoms with Crippen LogP contribution in [0.1, 0.15) is 44.9 Å². The smallest absolute Gasteiger partial charge is 0.288 e. The van der Waals surface area contributed by atoms with Gasteiger partial charge in [0.2, 0.25) is 0 Å². The highest BCUT2D eigenvalue weighted by atomic mass is 35.5. The molecule has 0 bridgehead atoms. The Labute approximate surface area is 207 Å². The van der Waals surface area contributed by atoms with E-state index in [1.807, 2.05) is 19.9 Å². The molecule has 0 amide bonds. The molecule has 2 aromatic carbocycles. The molecule has 7 nitrogen and oxygen atoms in total. The highest BCUT2D eigenvalue weighted by Crippen LogP contribution is 2.32. The molecular formula is C24H22ClN3O4S2. The van der Waals surface area contributed by atoms with Gasteiger partial charge in [-0.3, -0.25) is 13.5 Å². The van der Waals surface area contributed by atoms with Crippen molar-refractivity contribution in [3.63, 3.8) is 0 Å². The molecule has 0 aliphatic rings. The molecule has 0 spiro atoms. The van der Waals surface area contributed by atoms with E-state index >= 15 is 0 Å². The first kappa shape index (κ1) is 24.3. The zero-order chi connectivity index (χ0) is 24.5. The van der Waals surface area contributed by atoms with Gasteiger partial charge in [0.15, 0.2) is 11.6 Å². The van der Waals surface area contributed by atoms with Gasteiger partial charge in [-0.1, -0.05) is 48.4 Å². The highest BCUT2D eigenvalue weighted by Gasteiger charge is 2.25. The van der Waals surface area contributed by atoms with Crippen LogP contribution < -0.4 is 0 Å². The van der Waals surface area contributed by atoms with Crippen LogP contribution in [0.2, 0.25) is 5.02 Å². The van der Waals surface area contributed by atoms with Crippen molar-refractivity contribution >= 4 is 38.8 Å². The number of hydrogen-bond acceptors (Lipinski definition) is 7. The lowest BCUT2D eigenvalue weighted by Crippen LogP contribution is -2.12. The van der Waals surface area contributed by atoms with Crippen LogP contribution in [0.5, 0.6) is 0 Å². The molecule has 0 fully saturated rings. The lowest BCUT2D eigenvalue weighted by molar-refractivity contribution is 0.103. The fourth-order valence-corrected chi connectivity index (χ4v) is 5.64. The fourth-order valence-electron chi connectivity index (χ4n) is 3.39. The summed E-state index contributed by atoms with van der Waals surface area (Å²) >= 11 is 7.70. The maximum absolute atomic E-state index is 13.4. The zero-order valence-electron chi connectivity index (χ0n) is 18.8. The molecule has 0 N–H and O–H groups in total. The lowest BCUT2D eigenvalue weighted by Gasteiger charge is -2.10. The minimum absolute atomic E-state index is 0.0554. The molecule has 0 unspecified atom stereocenters. The van der Waals surface area contributed by atoms with Gasteiger partial charge < -0.3 is 0 Å². The van der Waals surface area contributed by atoms with Gasteiger partial charge >= 0.3 is 0 Å². The van der Waals surface area contributed by atoms with Crippen LogP contribution in [0.15, 0.2) is 59.5 Å². The standard InChI is InChI=1S/C24H22ClN3O4S2/c1-4-17-13-20(23(29)19-7-5-6-8-21(19)25)24(33-17)28-16(3)26-27-22(28)14-32-34(30,31)18-11-9-15(2)10-12-18/h5-13H,4,14H2,1-3H3. The van der Waals surface area contributed by atoms with E-state index in [1.165, 1.54) is 23.5 Å². The lowest BCUT2D eigenvalue weighted by atomic mass is 10.0. The van der Waals surface area contributed by atoms with Gasteiger partial charge in [0.1, 0.15) is 17.4 Å². The first-order valence-corrected chi connectivity index (χ1v) is 13.1. The number of rotatable bonds is 8. The van der Waals surface area contributed by atoms with E-state index in [9.17, 15) is 13.2 Å². The predicted octanol–water partition coefficient (Wildman–Crippen LogP) is 5.30. The Balaban J connectivity index is 1.71. The molecule has 0 saturated carbocycles. The van der Waals surface area contributed by atoms with Crippen molar-refractivity contribution in [2.75, 3.05) is 0 Å². The maximum Gasteiger partial charge on any atom is 0.297 e. The molecule has 0 radical (unpaired) electrons. The summed E-state index contributed by atoms with van der Waals surface area (Å²) in [6.45, 7) is 5.27. The molecule has 10 heteroatoms. The Hall–Kier alpha value is -2.85. The number of ketones is 1. The molecule has 0 saturated heterocycles. The number of nitrogens with zero attached hydrogens (tertiary/aromatic N) is 3. The van der Waals surface area contributed by atoms with Crippen molar-refractivity contribution in [3.05, 3.63) is 92.8 Å². The Morgan fingerprint density at radius 3 is 2.44 bits per heavy atom. The molecule has 34 heavy (non-hydrogen) atoms. The van der Waals surface area contributed by atoms with Gasteiger partial charge in [-0.25, -0.2) is 0 Å². The maximum atomic E-state index is 13.4. The first-order chi connectivity index (χ1) is 16.2. The molecule has 2 heterocycles. The Kier molecular flexibility index (Phi) is 6.99. The number of aromatic nitrogens is 3. The van der Waals surface area contributed by atoms with Crippen molar-refractivity contribution in [1.29, 1.82) is 0 Å². The fraction of sp³-hybridized carbons (Fsp3) is 0.208. The Morgan fingerprint density at radius 2 is 1.76 bits per heavy atom. The first-order valence-electron chi connectivity index (χ1n) is 10.5. The summed E-state index contributed by atoms with van der Waals surface area (Å²) in [7, 11) is -4.00. The van der Waals surface area contributed by atoms with Crippen LogP contribution in [0.4, 0.5) is 0 Å². The minimum Gasteiger partial charge on any atom is -0.288 e. The number of thiophene rings is 1. The third-order valence-electron chi connectivity index (χ3n) is 5.22. The van der Waals surface area contributed by atoms with Gasteiger partial charge in [-0.15, -0.1) is 21.5 Å². The van der Waals surface area contributed by atoms with Crippen LogP contribution in [0.25, 0.3) is 5.00 Å². The quantitative estimate of drug-likeness (QED) is 0.233. The number of hydrogen-bond donors (Lipinski definition) is 0. The second kappa shape index (κ2) is 9.79. The Morgan fingerprint density at radius 1 is 1.06 bits per heavy atom. The average Bonchev–Trinajstić information content (AvgIpc) is 3.40. The minimum atomic E-state index is -4.00. The molecular weight excluding hydrogens is 494 g/mol. The average molecular weight is 516 g/mol. The monoisotopic (exact) mass is 515 g/mol. The van der Waals surface area contributed by atoms with E-state index in [4.69, 9.17) is 15.8 Å². The SMILES string of the molecule is CCc1cc(C(=O)c2ccccc2Cl)c(-n2c(C)nnc2COS(=O)(=O)c2ccc(C)cc2)s1. The number of halogens is 1. The summed E-state index contributed by atoms with van der Waals surface area (Å²) < 4.78 is 32.3. The third-order valence-corrected chi connectivity index (χ3v) is 8.09. The number of carbonyl (C=O) groups excluding carboxylic acids is 1. The second-order valence-electron chi connectivity index (χ2n) is 7.62. The summed E-state index contributed by atoms with van der Waals surface area (Å²) in [5.41, 5.74) is 1.77. The van der Waals surface area contributed by atoms with Crippen LogP contribution >= 0.6 is 22.9 Å². The largest absolute Gasteiger partial charge is 0.297 e. The van der Waals surface area contributed by atoms with E-state index in [0.717, 1.165) is 16.9 Å².